The number of rotatable bonds is 14. The van der Waals surface area contributed by atoms with E-state index in [4.69, 9.17) is 9.47 Å². The first-order valence-corrected chi connectivity index (χ1v) is 9.80. The molecule has 0 aliphatic heterocycles. The Kier molecular flexibility index (Phi) is 14.3. The maximum atomic E-state index is 11.8. The van der Waals surface area contributed by atoms with Crippen LogP contribution in [0.15, 0.2) is 59.6 Å². The number of ether oxygens (including phenoxy) is 2. The van der Waals surface area contributed by atoms with Gasteiger partial charge in [0.2, 0.25) is 0 Å². The number of esters is 2. The molecule has 164 valence electrons. The lowest BCUT2D eigenvalue weighted by Gasteiger charge is -2.04. The third-order valence-corrected chi connectivity index (χ3v) is 3.92. The van der Waals surface area contributed by atoms with Gasteiger partial charge in [-0.15, -0.1) is 0 Å². The van der Waals surface area contributed by atoms with Crippen LogP contribution in [-0.4, -0.2) is 24.0 Å². The minimum atomic E-state index is -0.424. The molecule has 0 amide bonds. The summed E-state index contributed by atoms with van der Waals surface area (Å²) in [6, 6.07) is 0. The monoisotopic (exact) mass is 416 g/mol. The largest absolute Gasteiger partial charge is 0.435 e. The molecule has 0 spiro atoms. The summed E-state index contributed by atoms with van der Waals surface area (Å²) in [6.07, 6.45) is 12.4. The zero-order chi connectivity index (χ0) is 22.9. The number of Topliss-reactive ketones (excluding diaryl/α,β-unsaturated/α-hetero) is 1. The standard InChI is InChI=1S/C24H32O6/c1-18(8-6-10-19(2)14-24(28)15-20(3)16-25)9-7-11-23(17-30-22(5)27)12-13-29-21(4)26/h9-10,12-13,16-17H,3,6-8,11,14-15H2,1-2,4-5H3/b13-12+,18-9+,19-10+,23-17+. The van der Waals surface area contributed by atoms with Crippen LogP contribution in [0.3, 0.4) is 0 Å². The number of carbonyl (C=O) groups excluding carboxylic acids is 4. The van der Waals surface area contributed by atoms with Gasteiger partial charge in [-0.25, -0.2) is 0 Å². The van der Waals surface area contributed by atoms with E-state index in [-0.39, 0.29) is 12.2 Å². The first kappa shape index (κ1) is 27.0. The van der Waals surface area contributed by atoms with E-state index in [0.29, 0.717) is 24.7 Å². The highest BCUT2D eigenvalue weighted by molar-refractivity contribution is 5.89. The Bertz CT molecular complexity index is 750. The molecule has 0 N–H and O–H groups in total. The zero-order valence-electron chi connectivity index (χ0n) is 18.4. The van der Waals surface area contributed by atoms with E-state index in [1.807, 2.05) is 19.9 Å². The highest BCUT2D eigenvalue weighted by Gasteiger charge is 2.05. The van der Waals surface area contributed by atoms with Gasteiger partial charge in [-0.3, -0.25) is 19.2 Å². The van der Waals surface area contributed by atoms with Crippen LogP contribution < -0.4 is 0 Å². The number of allylic oxidation sites excluding steroid dienone is 7. The van der Waals surface area contributed by atoms with Crippen molar-refractivity contribution in [1.29, 1.82) is 0 Å². The molecule has 0 radical (unpaired) electrons. The molecule has 0 aliphatic carbocycles. The number of ketones is 1. The van der Waals surface area contributed by atoms with Gasteiger partial charge >= 0.3 is 11.9 Å². The number of hydrogen-bond acceptors (Lipinski definition) is 6. The summed E-state index contributed by atoms with van der Waals surface area (Å²) in [4.78, 5) is 44.1. The maximum absolute atomic E-state index is 11.8. The van der Waals surface area contributed by atoms with E-state index >= 15 is 0 Å². The first-order valence-electron chi connectivity index (χ1n) is 9.80. The summed E-state index contributed by atoms with van der Waals surface area (Å²) in [5.41, 5.74) is 3.21. The second-order valence-electron chi connectivity index (χ2n) is 7.06. The summed E-state index contributed by atoms with van der Waals surface area (Å²) in [5, 5.41) is 0. The Balaban J connectivity index is 4.54. The van der Waals surface area contributed by atoms with Crippen LogP contribution in [0.2, 0.25) is 0 Å². The minimum absolute atomic E-state index is 0.0120. The average molecular weight is 417 g/mol. The molecule has 0 fully saturated rings. The zero-order valence-corrected chi connectivity index (χ0v) is 18.4. The number of hydrogen-bond donors (Lipinski definition) is 0. The molecular weight excluding hydrogens is 384 g/mol. The van der Waals surface area contributed by atoms with Crippen molar-refractivity contribution in [2.45, 2.75) is 66.2 Å². The quantitative estimate of drug-likeness (QED) is 0.0981. The van der Waals surface area contributed by atoms with Crippen molar-refractivity contribution in [3.05, 3.63) is 59.6 Å². The summed E-state index contributed by atoms with van der Waals surface area (Å²) in [6.45, 7) is 10.1. The second kappa shape index (κ2) is 15.9. The van der Waals surface area contributed by atoms with Crippen molar-refractivity contribution in [3.8, 4) is 0 Å². The van der Waals surface area contributed by atoms with Crippen molar-refractivity contribution in [2.24, 2.45) is 0 Å². The van der Waals surface area contributed by atoms with Crippen LogP contribution in [0.5, 0.6) is 0 Å². The van der Waals surface area contributed by atoms with Gasteiger partial charge in [0.15, 0.2) is 0 Å². The van der Waals surface area contributed by atoms with Gasteiger partial charge in [-0.05, 0) is 56.8 Å². The molecule has 0 heterocycles. The molecule has 6 nitrogen and oxygen atoms in total. The number of aldehydes is 1. The van der Waals surface area contributed by atoms with Gasteiger partial charge in [-0.1, -0.05) is 29.9 Å². The van der Waals surface area contributed by atoms with E-state index in [0.717, 1.165) is 30.4 Å². The fraction of sp³-hybridized carbons (Fsp3) is 0.417. The van der Waals surface area contributed by atoms with Crippen molar-refractivity contribution in [3.63, 3.8) is 0 Å². The smallest absolute Gasteiger partial charge is 0.307 e. The average Bonchev–Trinajstić information content (AvgIpc) is 2.64. The first-order chi connectivity index (χ1) is 14.1. The lowest BCUT2D eigenvalue weighted by molar-refractivity contribution is -0.136. The van der Waals surface area contributed by atoms with Crippen LogP contribution in [0.4, 0.5) is 0 Å². The van der Waals surface area contributed by atoms with E-state index < -0.39 is 11.9 Å². The highest BCUT2D eigenvalue weighted by Crippen LogP contribution is 2.14. The molecule has 0 saturated carbocycles. The molecule has 0 aromatic rings. The van der Waals surface area contributed by atoms with Gasteiger partial charge in [0.25, 0.3) is 0 Å². The molecule has 30 heavy (non-hydrogen) atoms. The predicted molar refractivity (Wildman–Crippen MR) is 116 cm³/mol. The normalized spacial score (nSPS) is 12.6. The fourth-order valence-electron chi connectivity index (χ4n) is 2.43. The highest BCUT2D eigenvalue weighted by atomic mass is 16.5. The van der Waals surface area contributed by atoms with Crippen molar-refractivity contribution >= 4 is 24.0 Å². The van der Waals surface area contributed by atoms with Crippen LogP contribution in [0.25, 0.3) is 0 Å². The van der Waals surface area contributed by atoms with E-state index in [9.17, 15) is 19.2 Å². The molecule has 0 saturated heterocycles. The van der Waals surface area contributed by atoms with Gasteiger partial charge in [-0.2, -0.15) is 0 Å². The molecule has 6 heteroatoms. The number of carbonyl (C=O) groups is 4. The third-order valence-electron chi connectivity index (χ3n) is 3.92. The summed E-state index contributed by atoms with van der Waals surface area (Å²) in [5.74, 6) is -0.856. The molecule has 0 aliphatic rings. The Labute approximate surface area is 179 Å². The maximum Gasteiger partial charge on any atom is 0.307 e. The Morgan fingerprint density at radius 2 is 1.43 bits per heavy atom. The van der Waals surface area contributed by atoms with E-state index in [1.165, 1.54) is 31.9 Å². The van der Waals surface area contributed by atoms with Gasteiger partial charge in [0.05, 0.1) is 12.5 Å². The van der Waals surface area contributed by atoms with Gasteiger partial charge < -0.3 is 9.47 Å². The Morgan fingerprint density at radius 1 is 0.833 bits per heavy atom. The van der Waals surface area contributed by atoms with Crippen molar-refractivity contribution in [2.75, 3.05) is 0 Å². The van der Waals surface area contributed by atoms with Crippen molar-refractivity contribution < 1.29 is 28.7 Å². The lowest BCUT2D eigenvalue weighted by atomic mass is 10.0. The molecule has 0 bridgehead atoms. The van der Waals surface area contributed by atoms with Crippen LogP contribution >= 0.6 is 0 Å². The van der Waals surface area contributed by atoms with Gasteiger partial charge in [0.1, 0.15) is 12.1 Å². The van der Waals surface area contributed by atoms with E-state index in [1.54, 1.807) is 6.08 Å². The third kappa shape index (κ3) is 16.0. The predicted octanol–water partition coefficient (Wildman–Crippen LogP) is 5.07. The molecule has 0 aromatic carbocycles. The van der Waals surface area contributed by atoms with Crippen molar-refractivity contribution in [1.82, 2.24) is 0 Å². The Morgan fingerprint density at radius 3 is 2.03 bits per heavy atom. The lowest BCUT2D eigenvalue weighted by Crippen LogP contribution is -2.00. The summed E-state index contributed by atoms with van der Waals surface area (Å²) >= 11 is 0. The van der Waals surface area contributed by atoms with Crippen LogP contribution in [0, 0.1) is 0 Å². The second-order valence-corrected chi connectivity index (χ2v) is 7.06. The molecular formula is C24H32O6. The topological polar surface area (TPSA) is 86.7 Å². The fourth-order valence-corrected chi connectivity index (χ4v) is 2.43. The molecule has 0 rings (SSSR count). The minimum Gasteiger partial charge on any atom is -0.435 e. The van der Waals surface area contributed by atoms with Crippen LogP contribution in [0.1, 0.15) is 66.2 Å². The molecule has 0 aromatic heterocycles. The summed E-state index contributed by atoms with van der Waals surface area (Å²) < 4.78 is 9.67. The SMILES string of the molecule is C=C(C=O)CC(=O)C/C(C)=C/CC/C(C)=C/CCC(/C=C/OC(C)=O)=C\OC(C)=O. The van der Waals surface area contributed by atoms with Crippen LogP contribution in [-0.2, 0) is 28.7 Å². The van der Waals surface area contributed by atoms with Gasteiger partial charge in [0, 0.05) is 26.7 Å². The molecule has 0 atom stereocenters. The molecule has 0 unspecified atom stereocenters. The summed E-state index contributed by atoms with van der Waals surface area (Å²) in [7, 11) is 0. The van der Waals surface area contributed by atoms with E-state index in [2.05, 4.69) is 12.7 Å². The Hall–Kier alpha value is -3.02.